The van der Waals surface area contributed by atoms with Crippen LogP contribution >= 0.6 is 11.3 Å². The van der Waals surface area contributed by atoms with Crippen molar-refractivity contribution in [3.8, 4) is 0 Å². The Morgan fingerprint density at radius 2 is 2.00 bits per heavy atom. The highest BCUT2D eigenvalue weighted by molar-refractivity contribution is 7.10. The number of ketones is 1. The third-order valence-corrected chi connectivity index (χ3v) is 6.95. The Balaban J connectivity index is 1.66. The summed E-state index contributed by atoms with van der Waals surface area (Å²) < 4.78 is 5.80. The van der Waals surface area contributed by atoms with Crippen molar-refractivity contribution in [1.82, 2.24) is 9.80 Å². The minimum Gasteiger partial charge on any atom is -0.503 e. The van der Waals surface area contributed by atoms with Gasteiger partial charge in [-0.15, -0.1) is 11.3 Å². The summed E-state index contributed by atoms with van der Waals surface area (Å²) >= 11 is 1.47. The number of carbonyl (C=O) groups is 2. The van der Waals surface area contributed by atoms with E-state index < -0.39 is 23.5 Å². The molecule has 1 unspecified atom stereocenters. The molecule has 1 aliphatic heterocycles. The molecule has 3 aromatic rings. The number of hydrogen-bond donors (Lipinski definition) is 1. The van der Waals surface area contributed by atoms with Crippen molar-refractivity contribution in [2.45, 2.75) is 33.2 Å². The predicted molar refractivity (Wildman–Crippen MR) is 126 cm³/mol. The minimum atomic E-state index is -0.610. The highest BCUT2D eigenvalue weighted by atomic mass is 32.1. The smallest absolute Gasteiger partial charge is 0.290 e. The number of aliphatic hydroxyl groups is 1. The summed E-state index contributed by atoms with van der Waals surface area (Å²) in [7, 11) is 0. The SMILES string of the molecule is CCN(CC)CCCN1C(=O)C(O)=C(C(=O)c2cc3cc(C)ccc3o2)C1c1cccs1. The van der Waals surface area contributed by atoms with Gasteiger partial charge in [0.25, 0.3) is 5.91 Å². The Morgan fingerprint density at radius 3 is 2.69 bits per heavy atom. The van der Waals surface area contributed by atoms with E-state index in [0.717, 1.165) is 41.9 Å². The molecule has 1 aliphatic rings. The highest BCUT2D eigenvalue weighted by Crippen LogP contribution is 2.41. The summed E-state index contributed by atoms with van der Waals surface area (Å²) in [4.78, 5) is 31.3. The summed E-state index contributed by atoms with van der Waals surface area (Å²) in [5, 5.41) is 13.5. The van der Waals surface area contributed by atoms with Crippen molar-refractivity contribution in [3.63, 3.8) is 0 Å². The molecular formula is C25H28N2O4S. The monoisotopic (exact) mass is 452 g/mol. The normalized spacial score (nSPS) is 16.7. The molecule has 6 nitrogen and oxygen atoms in total. The number of hydrogen-bond acceptors (Lipinski definition) is 6. The van der Waals surface area contributed by atoms with Crippen molar-refractivity contribution in [1.29, 1.82) is 0 Å². The van der Waals surface area contributed by atoms with Gasteiger partial charge in [0, 0.05) is 16.8 Å². The molecule has 32 heavy (non-hydrogen) atoms. The van der Waals surface area contributed by atoms with Gasteiger partial charge in [0.15, 0.2) is 11.5 Å². The molecule has 0 saturated heterocycles. The van der Waals surface area contributed by atoms with Gasteiger partial charge in [-0.05, 0) is 62.6 Å². The maximum Gasteiger partial charge on any atom is 0.290 e. The van der Waals surface area contributed by atoms with Gasteiger partial charge in [-0.2, -0.15) is 0 Å². The number of thiophene rings is 1. The van der Waals surface area contributed by atoms with Gasteiger partial charge in [-0.3, -0.25) is 9.59 Å². The second-order valence-electron chi connectivity index (χ2n) is 8.04. The quantitative estimate of drug-likeness (QED) is 0.457. The zero-order valence-electron chi connectivity index (χ0n) is 18.6. The first-order valence-electron chi connectivity index (χ1n) is 11.0. The lowest BCUT2D eigenvalue weighted by Gasteiger charge is -2.27. The van der Waals surface area contributed by atoms with E-state index in [1.54, 1.807) is 11.0 Å². The van der Waals surface area contributed by atoms with Crippen molar-refractivity contribution >= 4 is 34.0 Å². The molecule has 3 heterocycles. The minimum absolute atomic E-state index is 0.0936. The van der Waals surface area contributed by atoms with Gasteiger partial charge >= 0.3 is 0 Å². The van der Waals surface area contributed by atoms with Crippen LogP contribution in [0.15, 0.2) is 57.5 Å². The Kier molecular flexibility index (Phi) is 6.48. The van der Waals surface area contributed by atoms with Crippen LogP contribution in [-0.4, -0.2) is 52.8 Å². The van der Waals surface area contributed by atoms with E-state index in [-0.39, 0.29) is 11.3 Å². The van der Waals surface area contributed by atoms with Crippen LogP contribution in [0.3, 0.4) is 0 Å². The third kappa shape index (κ3) is 4.10. The topological polar surface area (TPSA) is 74.0 Å². The van der Waals surface area contributed by atoms with Crippen LogP contribution in [0.4, 0.5) is 0 Å². The lowest BCUT2D eigenvalue weighted by molar-refractivity contribution is -0.129. The van der Waals surface area contributed by atoms with Crippen LogP contribution < -0.4 is 0 Å². The maximum absolute atomic E-state index is 13.5. The van der Waals surface area contributed by atoms with Crippen molar-refractivity contribution in [2.75, 3.05) is 26.2 Å². The summed E-state index contributed by atoms with van der Waals surface area (Å²) in [6, 6.07) is 10.5. The van der Waals surface area contributed by atoms with Crippen LogP contribution in [0.5, 0.6) is 0 Å². The number of nitrogens with zero attached hydrogens (tertiary/aromatic N) is 2. The van der Waals surface area contributed by atoms with Crippen LogP contribution in [-0.2, 0) is 4.79 Å². The van der Waals surface area contributed by atoms with Crippen molar-refractivity contribution < 1.29 is 19.1 Å². The van der Waals surface area contributed by atoms with E-state index in [9.17, 15) is 14.7 Å². The van der Waals surface area contributed by atoms with Gasteiger partial charge < -0.3 is 19.3 Å². The lowest BCUT2D eigenvalue weighted by Crippen LogP contribution is -2.34. The van der Waals surface area contributed by atoms with E-state index in [4.69, 9.17) is 4.42 Å². The Hall–Kier alpha value is -2.90. The molecule has 1 N–H and O–H groups in total. The third-order valence-electron chi connectivity index (χ3n) is 6.02. The molecular weight excluding hydrogens is 424 g/mol. The van der Waals surface area contributed by atoms with Crippen LogP contribution in [0.25, 0.3) is 11.0 Å². The fraction of sp³-hybridized carbons (Fsp3) is 0.360. The molecule has 0 radical (unpaired) electrons. The van der Waals surface area contributed by atoms with E-state index in [2.05, 4.69) is 18.7 Å². The Labute approximate surface area is 191 Å². The van der Waals surface area contributed by atoms with Crippen LogP contribution in [0.2, 0.25) is 0 Å². The Bertz CT molecular complexity index is 1160. The molecule has 1 aromatic carbocycles. The standard InChI is InChI=1S/C25H28N2O4S/c1-4-26(5-2)11-7-12-27-22(20-8-6-13-32-20)21(24(29)25(27)30)23(28)19-15-17-14-16(3)9-10-18(17)31-19/h6,8-10,13-15,22,29H,4-5,7,11-12H2,1-3H3. The summed E-state index contributed by atoms with van der Waals surface area (Å²) in [6.45, 7) is 9.38. The molecule has 7 heteroatoms. The second-order valence-corrected chi connectivity index (χ2v) is 9.02. The summed E-state index contributed by atoms with van der Waals surface area (Å²) in [6.07, 6.45) is 0.758. The molecule has 4 rings (SSSR count). The summed E-state index contributed by atoms with van der Waals surface area (Å²) in [5.41, 5.74) is 1.76. The zero-order valence-corrected chi connectivity index (χ0v) is 19.4. The number of fused-ring (bicyclic) bond motifs is 1. The first-order chi connectivity index (χ1) is 15.4. The van der Waals surface area contributed by atoms with E-state index in [1.807, 2.05) is 42.6 Å². The van der Waals surface area contributed by atoms with Gasteiger partial charge in [0.1, 0.15) is 5.58 Å². The molecule has 1 amide bonds. The van der Waals surface area contributed by atoms with E-state index in [0.29, 0.717) is 12.1 Å². The largest absolute Gasteiger partial charge is 0.503 e. The molecule has 0 fully saturated rings. The zero-order chi connectivity index (χ0) is 22.8. The van der Waals surface area contributed by atoms with E-state index in [1.165, 1.54) is 11.3 Å². The second kappa shape index (κ2) is 9.30. The average molecular weight is 453 g/mol. The predicted octanol–water partition coefficient (Wildman–Crippen LogP) is 5.11. The summed E-state index contributed by atoms with van der Waals surface area (Å²) in [5.74, 6) is -1.30. The molecule has 2 aromatic heterocycles. The number of amides is 1. The van der Waals surface area contributed by atoms with Gasteiger partial charge in [-0.1, -0.05) is 31.5 Å². The molecule has 1 atom stereocenters. The number of aliphatic hydroxyl groups excluding tert-OH is 1. The number of furan rings is 1. The maximum atomic E-state index is 13.5. The first-order valence-corrected chi connectivity index (χ1v) is 11.9. The van der Waals surface area contributed by atoms with Crippen LogP contribution in [0, 0.1) is 6.92 Å². The Morgan fingerprint density at radius 1 is 1.22 bits per heavy atom. The molecule has 0 spiro atoms. The van der Waals surface area contributed by atoms with Gasteiger partial charge in [0.2, 0.25) is 5.78 Å². The average Bonchev–Trinajstić information content (AvgIpc) is 3.51. The lowest BCUT2D eigenvalue weighted by atomic mass is 10.00. The molecule has 168 valence electrons. The first kappa shape index (κ1) is 22.3. The fourth-order valence-electron chi connectivity index (χ4n) is 4.27. The highest BCUT2D eigenvalue weighted by Gasteiger charge is 2.44. The number of aryl methyl sites for hydroxylation is 1. The van der Waals surface area contributed by atoms with Gasteiger partial charge in [-0.25, -0.2) is 0 Å². The molecule has 0 saturated carbocycles. The number of carbonyl (C=O) groups excluding carboxylic acids is 2. The van der Waals surface area contributed by atoms with Crippen LogP contribution in [0.1, 0.15) is 47.3 Å². The molecule has 0 aliphatic carbocycles. The fourth-order valence-corrected chi connectivity index (χ4v) is 5.12. The van der Waals surface area contributed by atoms with E-state index >= 15 is 0 Å². The number of benzene rings is 1. The van der Waals surface area contributed by atoms with Crippen molar-refractivity contribution in [3.05, 3.63) is 69.3 Å². The molecule has 0 bridgehead atoms. The number of rotatable bonds is 9. The number of Topliss-reactive ketones (excluding diaryl/α,β-unsaturated/α-hetero) is 1. The van der Waals surface area contributed by atoms with Gasteiger partial charge in [0.05, 0.1) is 11.6 Å². The van der Waals surface area contributed by atoms with Crippen molar-refractivity contribution in [2.24, 2.45) is 0 Å².